The number of hydrogen-bond donors (Lipinski definition) is 1. The van der Waals surface area contributed by atoms with Gasteiger partial charge in [0.25, 0.3) is 0 Å². The summed E-state index contributed by atoms with van der Waals surface area (Å²) in [6, 6.07) is 10.5. The lowest BCUT2D eigenvalue weighted by Crippen LogP contribution is -2.18. The van der Waals surface area contributed by atoms with E-state index in [4.69, 9.17) is 8.83 Å². The Balaban J connectivity index is 2.15. The molecule has 0 aliphatic rings. The Kier molecular flexibility index (Phi) is 3.66. The molecule has 0 aliphatic heterocycles. The summed E-state index contributed by atoms with van der Waals surface area (Å²) in [6.07, 6.45) is -0.590. The predicted molar refractivity (Wildman–Crippen MR) is 97.3 cm³/mol. The van der Waals surface area contributed by atoms with Crippen molar-refractivity contribution in [3.63, 3.8) is 0 Å². The third-order valence-electron chi connectivity index (χ3n) is 4.31. The van der Waals surface area contributed by atoms with Crippen LogP contribution in [-0.2, 0) is 4.79 Å². The molecular weight excluding hydrogens is 352 g/mol. The minimum atomic E-state index is -1.12. The molecule has 0 atom stereocenters. The standard InChI is InChI=1S/C20H12O7/c1-9(21)8-13(22)14-16(23)15-18(27-19(14)24)12-7-6-10-4-2-3-5-11(10)17(12)26-20(15)25/h2-7,23H,8H2,1H3. The van der Waals surface area contributed by atoms with Gasteiger partial charge in [-0.15, -0.1) is 0 Å². The largest absolute Gasteiger partial charge is 0.506 e. The molecule has 2 aromatic carbocycles. The monoisotopic (exact) mass is 364 g/mol. The lowest BCUT2D eigenvalue weighted by atomic mass is 10.0. The molecule has 7 nitrogen and oxygen atoms in total. The van der Waals surface area contributed by atoms with Crippen molar-refractivity contribution in [1.29, 1.82) is 0 Å². The minimum absolute atomic E-state index is 0.172. The molecule has 0 saturated carbocycles. The fourth-order valence-corrected chi connectivity index (χ4v) is 3.14. The van der Waals surface area contributed by atoms with Crippen molar-refractivity contribution in [2.24, 2.45) is 0 Å². The van der Waals surface area contributed by atoms with Gasteiger partial charge in [0.05, 0.1) is 11.8 Å². The highest BCUT2D eigenvalue weighted by Gasteiger charge is 2.25. The van der Waals surface area contributed by atoms with E-state index in [9.17, 15) is 24.3 Å². The van der Waals surface area contributed by atoms with Crippen LogP contribution in [0.4, 0.5) is 0 Å². The highest BCUT2D eigenvalue weighted by Crippen LogP contribution is 2.33. The van der Waals surface area contributed by atoms with Crippen LogP contribution >= 0.6 is 0 Å². The molecule has 0 bridgehead atoms. The van der Waals surface area contributed by atoms with Gasteiger partial charge in [0.2, 0.25) is 0 Å². The Hall–Kier alpha value is -3.74. The zero-order chi connectivity index (χ0) is 19.3. The number of rotatable bonds is 3. The van der Waals surface area contributed by atoms with E-state index in [1.807, 2.05) is 12.1 Å². The smallest absolute Gasteiger partial charge is 0.351 e. The number of hydrogen-bond acceptors (Lipinski definition) is 7. The summed E-state index contributed by atoms with van der Waals surface area (Å²) < 4.78 is 10.6. The Bertz CT molecular complexity index is 1390. The van der Waals surface area contributed by atoms with Crippen molar-refractivity contribution >= 4 is 44.3 Å². The average Bonchev–Trinajstić information content (AvgIpc) is 2.60. The van der Waals surface area contributed by atoms with Crippen molar-refractivity contribution in [3.8, 4) is 5.75 Å². The van der Waals surface area contributed by atoms with Crippen molar-refractivity contribution < 1.29 is 23.5 Å². The number of benzene rings is 2. The Morgan fingerprint density at radius 2 is 1.63 bits per heavy atom. The summed E-state index contributed by atoms with van der Waals surface area (Å²) in [4.78, 5) is 48.1. The van der Waals surface area contributed by atoms with E-state index >= 15 is 0 Å². The fraction of sp³-hybridized carbons (Fsp3) is 0.100. The molecule has 2 heterocycles. The Morgan fingerprint density at radius 1 is 0.926 bits per heavy atom. The number of aromatic hydroxyl groups is 1. The maximum atomic E-state index is 12.5. The molecule has 27 heavy (non-hydrogen) atoms. The van der Waals surface area contributed by atoms with Crippen LogP contribution in [0.3, 0.4) is 0 Å². The molecule has 4 rings (SSSR count). The molecule has 134 valence electrons. The van der Waals surface area contributed by atoms with E-state index in [0.717, 1.165) is 5.39 Å². The van der Waals surface area contributed by atoms with Crippen molar-refractivity contribution in [2.75, 3.05) is 0 Å². The van der Waals surface area contributed by atoms with Crippen LogP contribution < -0.4 is 11.3 Å². The first kappa shape index (κ1) is 16.7. The fourth-order valence-electron chi connectivity index (χ4n) is 3.14. The SMILES string of the molecule is CC(=O)CC(=O)c1c(O)c2c(=O)oc3c4ccccc4ccc3c2oc1=O. The van der Waals surface area contributed by atoms with Gasteiger partial charge < -0.3 is 13.9 Å². The molecule has 0 spiro atoms. The number of carbonyl (C=O) groups is 2. The van der Waals surface area contributed by atoms with Crippen LogP contribution in [0.15, 0.2) is 54.8 Å². The third-order valence-corrected chi connectivity index (χ3v) is 4.31. The van der Waals surface area contributed by atoms with Crippen LogP contribution in [0, 0.1) is 0 Å². The zero-order valence-electron chi connectivity index (χ0n) is 14.1. The summed E-state index contributed by atoms with van der Waals surface area (Å²) in [5.74, 6) is -2.25. The highest BCUT2D eigenvalue weighted by molar-refractivity contribution is 6.15. The van der Waals surface area contributed by atoms with Crippen molar-refractivity contribution in [3.05, 3.63) is 62.8 Å². The third kappa shape index (κ3) is 2.52. The maximum Gasteiger partial charge on any atom is 0.351 e. The maximum absolute atomic E-state index is 12.5. The van der Waals surface area contributed by atoms with Gasteiger partial charge in [-0.2, -0.15) is 0 Å². The quantitative estimate of drug-likeness (QED) is 0.257. The first-order valence-electron chi connectivity index (χ1n) is 8.05. The van der Waals surface area contributed by atoms with Gasteiger partial charge in [-0.05, 0) is 18.4 Å². The molecular formula is C20H12O7. The van der Waals surface area contributed by atoms with Gasteiger partial charge in [0.1, 0.15) is 22.3 Å². The van der Waals surface area contributed by atoms with E-state index < -0.39 is 45.9 Å². The zero-order valence-corrected chi connectivity index (χ0v) is 14.1. The molecule has 2 aromatic heterocycles. The summed E-state index contributed by atoms with van der Waals surface area (Å²) >= 11 is 0. The van der Waals surface area contributed by atoms with Crippen LogP contribution in [-0.4, -0.2) is 16.7 Å². The second kappa shape index (κ2) is 5.91. The average molecular weight is 364 g/mol. The summed E-state index contributed by atoms with van der Waals surface area (Å²) in [6.45, 7) is 1.17. The van der Waals surface area contributed by atoms with Gasteiger partial charge in [0.15, 0.2) is 17.1 Å². The summed E-state index contributed by atoms with van der Waals surface area (Å²) in [5, 5.41) is 11.8. The highest BCUT2D eigenvalue weighted by atomic mass is 16.4. The summed E-state index contributed by atoms with van der Waals surface area (Å²) in [7, 11) is 0. The van der Waals surface area contributed by atoms with Gasteiger partial charge in [-0.25, -0.2) is 9.59 Å². The second-order valence-electron chi connectivity index (χ2n) is 6.17. The molecule has 0 aliphatic carbocycles. The van der Waals surface area contributed by atoms with Crippen LogP contribution in [0.5, 0.6) is 5.75 Å². The normalized spacial score (nSPS) is 11.3. The Labute approximate surface area is 150 Å². The van der Waals surface area contributed by atoms with Gasteiger partial charge in [0, 0.05) is 5.39 Å². The van der Waals surface area contributed by atoms with Crippen LogP contribution in [0.1, 0.15) is 23.7 Å². The predicted octanol–water partition coefficient (Wildman–Crippen LogP) is 2.92. The first-order valence-corrected chi connectivity index (χ1v) is 8.05. The number of carbonyl (C=O) groups excluding carboxylic acids is 2. The molecule has 1 N–H and O–H groups in total. The van der Waals surface area contributed by atoms with E-state index in [2.05, 4.69) is 0 Å². The van der Waals surface area contributed by atoms with Crippen molar-refractivity contribution in [1.82, 2.24) is 0 Å². The summed E-state index contributed by atoms with van der Waals surface area (Å²) in [5.41, 5.74) is -2.77. The van der Waals surface area contributed by atoms with Crippen molar-refractivity contribution in [2.45, 2.75) is 13.3 Å². The molecule has 0 fully saturated rings. The second-order valence-corrected chi connectivity index (χ2v) is 6.17. The van der Waals surface area contributed by atoms with Gasteiger partial charge in [-0.1, -0.05) is 30.3 Å². The molecule has 0 amide bonds. The van der Waals surface area contributed by atoms with E-state index in [1.54, 1.807) is 24.3 Å². The first-order chi connectivity index (χ1) is 12.9. The number of ketones is 2. The molecule has 4 aromatic rings. The van der Waals surface area contributed by atoms with Gasteiger partial charge in [-0.3, -0.25) is 9.59 Å². The molecule has 0 saturated heterocycles. The van der Waals surface area contributed by atoms with E-state index in [1.165, 1.54) is 6.92 Å². The minimum Gasteiger partial charge on any atom is -0.506 e. The van der Waals surface area contributed by atoms with Gasteiger partial charge >= 0.3 is 11.3 Å². The van der Waals surface area contributed by atoms with Crippen LogP contribution in [0.2, 0.25) is 0 Å². The Morgan fingerprint density at radius 3 is 2.37 bits per heavy atom. The lowest BCUT2D eigenvalue weighted by molar-refractivity contribution is -0.116. The molecule has 7 heteroatoms. The van der Waals surface area contributed by atoms with Crippen LogP contribution in [0.25, 0.3) is 32.7 Å². The lowest BCUT2D eigenvalue weighted by Gasteiger charge is -2.07. The number of fused-ring (bicyclic) bond motifs is 5. The topological polar surface area (TPSA) is 115 Å². The van der Waals surface area contributed by atoms with E-state index in [-0.39, 0.29) is 11.2 Å². The molecule has 0 unspecified atom stereocenters. The molecule has 0 radical (unpaired) electrons. The number of Topliss-reactive ketones (excluding diaryl/α,β-unsaturated/α-hetero) is 2. The van der Waals surface area contributed by atoms with E-state index in [0.29, 0.717) is 10.8 Å².